The first-order valence-electron chi connectivity index (χ1n) is 6.58. The first-order chi connectivity index (χ1) is 9.67. The molecule has 1 aliphatic rings. The van der Waals surface area contributed by atoms with Gasteiger partial charge in [0.05, 0.1) is 0 Å². The fraction of sp³-hybridized carbons (Fsp3) is 0.357. The predicted octanol–water partition coefficient (Wildman–Crippen LogP) is 2.06. The maximum absolute atomic E-state index is 12.1. The van der Waals surface area contributed by atoms with E-state index >= 15 is 0 Å². The number of hydrogen-bond acceptors (Lipinski definition) is 4. The van der Waals surface area contributed by atoms with Gasteiger partial charge in [0.15, 0.2) is 5.82 Å². The van der Waals surface area contributed by atoms with Crippen molar-refractivity contribution in [2.75, 3.05) is 17.2 Å². The van der Waals surface area contributed by atoms with Crippen molar-refractivity contribution in [3.8, 4) is 11.4 Å². The molecule has 2 aromatic rings. The Morgan fingerprint density at radius 1 is 1.50 bits per heavy atom. The van der Waals surface area contributed by atoms with E-state index in [0.717, 1.165) is 29.4 Å². The van der Waals surface area contributed by atoms with Gasteiger partial charge in [-0.25, -0.2) is 4.98 Å². The summed E-state index contributed by atoms with van der Waals surface area (Å²) in [6, 6.07) is 7.78. The highest BCUT2D eigenvalue weighted by Crippen LogP contribution is 2.28. The number of nitrogens with zero attached hydrogens (tertiary/aromatic N) is 3. The summed E-state index contributed by atoms with van der Waals surface area (Å²) in [5.41, 5.74) is 1.81. The lowest BCUT2D eigenvalue weighted by atomic mass is 10.1. The van der Waals surface area contributed by atoms with E-state index in [1.807, 2.05) is 36.1 Å². The maximum atomic E-state index is 12.1. The Kier molecular flexibility index (Phi) is 3.48. The Labute approximate surface area is 122 Å². The SMILES string of the molecule is Cc1nc(-c2cccc(N3CC(CS)CC3=O)c2)n[nH]1. The van der Waals surface area contributed by atoms with Crippen LogP contribution in [0.5, 0.6) is 0 Å². The van der Waals surface area contributed by atoms with E-state index in [4.69, 9.17) is 0 Å². The molecule has 1 saturated heterocycles. The van der Waals surface area contributed by atoms with Gasteiger partial charge in [0.1, 0.15) is 5.82 Å². The van der Waals surface area contributed by atoms with E-state index in [-0.39, 0.29) is 5.91 Å². The van der Waals surface area contributed by atoms with Crippen LogP contribution in [0, 0.1) is 12.8 Å². The maximum Gasteiger partial charge on any atom is 0.227 e. The Morgan fingerprint density at radius 3 is 3.00 bits per heavy atom. The van der Waals surface area contributed by atoms with Gasteiger partial charge in [-0.15, -0.1) is 0 Å². The predicted molar refractivity (Wildman–Crippen MR) is 80.9 cm³/mol. The van der Waals surface area contributed by atoms with Gasteiger partial charge in [-0.05, 0) is 30.7 Å². The molecular weight excluding hydrogens is 272 g/mol. The Hall–Kier alpha value is -1.82. The molecule has 1 amide bonds. The second kappa shape index (κ2) is 5.28. The Balaban J connectivity index is 1.90. The van der Waals surface area contributed by atoms with Crippen molar-refractivity contribution in [1.29, 1.82) is 0 Å². The third kappa shape index (κ3) is 2.43. The number of amides is 1. The highest BCUT2D eigenvalue weighted by molar-refractivity contribution is 7.80. The van der Waals surface area contributed by atoms with Crippen molar-refractivity contribution in [3.63, 3.8) is 0 Å². The van der Waals surface area contributed by atoms with Crippen LogP contribution < -0.4 is 4.90 Å². The number of benzene rings is 1. The van der Waals surface area contributed by atoms with Crippen molar-refractivity contribution in [1.82, 2.24) is 15.2 Å². The van der Waals surface area contributed by atoms with Crippen LogP contribution in [0.1, 0.15) is 12.2 Å². The highest BCUT2D eigenvalue weighted by Gasteiger charge is 2.29. The van der Waals surface area contributed by atoms with Crippen LogP contribution >= 0.6 is 12.6 Å². The van der Waals surface area contributed by atoms with Gasteiger partial charge < -0.3 is 4.90 Å². The Bertz CT molecular complexity index is 640. The number of aromatic nitrogens is 3. The first kappa shape index (κ1) is 13.2. The lowest BCUT2D eigenvalue weighted by Crippen LogP contribution is -2.24. The lowest BCUT2D eigenvalue weighted by Gasteiger charge is -2.17. The number of aryl methyl sites for hydroxylation is 1. The second-order valence-corrected chi connectivity index (χ2v) is 5.42. The topological polar surface area (TPSA) is 61.9 Å². The molecule has 6 heteroatoms. The van der Waals surface area contributed by atoms with Gasteiger partial charge in [0.2, 0.25) is 5.91 Å². The molecule has 5 nitrogen and oxygen atoms in total. The van der Waals surface area contributed by atoms with Gasteiger partial charge in [-0.2, -0.15) is 17.7 Å². The number of H-pyrrole nitrogens is 1. The van der Waals surface area contributed by atoms with Crippen LogP contribution in [-0.2, 0) is 4.79 Å². The van der Waals surface area contributed by atoms with E-state index in [0.29, 0.717) is 18.2 Å². The van der Waals surface area contributed by atoms with E-state index in [9.17, 15) is 4.79 Å². The zero-order valence-electron chi connectivity index (χ0n) is 11.2. The lowest BCUT2D eigenvalue weighted by molar-refractivity contribution is -0.117. The molecule has 1 aliphatic heterocycles. The molecule has 0 radical (unpaired) electrons. The second-order valence-electron chi connectivity index (χ2n) is 5.05. The quantitative estimate of drug-likeness (QED) is 0.850. The Morgan fingerprint density at radius 2 is 2.35 bits per heavy atom. The van der Waals surface area contributed by atoms with E-state index in [2.05, 4.69) is 27.8 Å². The fourth-order valence-electron chi connectivity index (χ4n) is 2.44. The van der Waals surface area contributed by atoms with Gasteiger partial charge in [0, 0.05) is 24.2 Å². The normalized spacial score (nSPS) is 18.8. The number of rotatable bonds is 3. The third-order valence-electron chi connectivity index (χ3n) is 3.48. The molecule has 2 heterocycles. The minimum atomic E-state index is 0.160. The average molecular weight is 288 g/mol. The smallest absolute Gasteiger partial charge is 0.227 e. The van der Waals surface area contributed by atoms with Crippen molar-refractivity contribution in [2.45, 2.75) is 13.3 Å². The molecule has 0 aliphatic carbocycles. The molecule has 104 valence electrons. The van der Waals surface area contributed by atoms with E-state index < -0.39 is 0 Å². The molecular formula is C14H16N4OS. The van der Waals surface area contributed by atoms with E-state index in [1.165, 1.54) is 0 Å². The molecule has 3 rings (SSSR count). The van der Waals surface area contributed by atoms with Crippen molar-refractivity contribution < 1.29 is 4.79 Å². The molecule has 0 bridgehead atoms. The summed E-state index contributed by atoms with van der Waals surface area (Å²) in [4.78, 5) is 18.2. The summed E-state index contributed by atoms with van der Waals surface area (Å²) in [5, 5.41) is 6.98. The summed E-state index contributed by atoms with van der Waals surface area (Å²) in [6.45, 7) is 2.60. The first-order valence-corrected chi connectivity index (χ1v) is 7.21. The van der Waals surface area contributed by atoms with Crippen molar-refractivity contribution in [2.24, 2.45) is 5.92 Å². The largest absolute Gasteiger partial charge is 0.312 e. The molecule has 1 N–H and O–H groups in total. The molecule has 1 fully saturated rings. The number of carbonyl (C=O) groups excluding carboxylic acids is 1. The van der Waals surface area contributed by atoms with Crippen molar-refractivity contribution >= 4 is 24.2 Å². The summed E-state index contributed by atoms with van der Waals surface area (Å²) in [5.74, 6) is 2.66. The summed E-state index contributed by atoms with van der Waals surface area (Å²) >= 11 is 4.29. The molecule has 0 spiro atoms. The standard InChI is InChI=1S/C14H16N4OS/c1-9-15-14(17-16-9)11-3-2-4-12(6-11)18-7-10(8-20)5-13(18)19/h2-4,6,10,20H,5,7-8H2,1H3,(H,15,16,17). The minimum absolute atomic E-state index is 0.160. The van der Waals surface area contributed by atoms with Crippen LogP contribution in [0.3, 0.4) is 0 Å². The van der Waals surface area contributed by atoms with E-state index in [1.54, 1.807) is 0 Å². The van der Waals surface area contributed by atoms with Crippen LogP contribution in [0.25, 0.3) is 11.4 Å². The number of thiol groups is 1. The van der Waals surface area contributed by atoms with Crippen LogP contribution in [0.15, 0.2) is 24.3 Å². The van der Waals surface area contributed by atoms with Crippen LogP contribution in [0.2, 0.25) is 0 Å². The molecule has 1 aromatic carbocycles. The number of carbonyl (C=O) groups is 1. The number of aromatic amines is 1. The van der Waals surface area contributed by atoms with Gasteiger partial charge in [-0.1, -0.05) is 12.1 Å². The van der Waals surface area contributed by atoms with Crippen LogP contribution in [0.4, 0.5) is 5.69 Å². The monoisotopic (exact) mass is 288 g/mol. The highest BCUT2D eigenvalue weighted by atomic mass is 32.1. The minimum Gasteiger partial charge on any atom is -0.312 e. The molecule has 1 unspecified atom stereocenters. The summed E-state index contributed by atoms with van der Waals surface area (Å²) in [6.07, 6.45) is 0.577. The van der Waals surface area contributed by atoms with Crippen LogP contribution in [-0.4, -0.2) is 33.4 Å². The summed E-state index contributed by atoms with van der Waals surface area (Å²) < 4.78 is 0. The zero-order chi connectivity index (χ0) is 14.1. The van der Waals surface area contributed by atoms with Gasteiger partial charge in [-0.3, -0.25) is 9.89 Å². The summed E-state index contributed by atoms with van der Waals surface area (Å²) in [7, 11) is 0. The number of hydrogen-bond donors (Lipinski definition) is 2. The molecule has 1 aromatic heterocycles. The zero-order valence-corrected chi connectivity index (χ0v) is 12.1. The average Bonchev–Trinajstić information content (AvgIpc) is 3.05. The number of anilines is 1. The molecule has 20 heavy (non-hydrogen) atoms. The number of nitrogens with one attached hydrogen (secondary N) is 1. The molecule has 0 saturated carbocycles. The fourth-order valence-corrected chi connectivity index (χ4v) is 2.68. The van der Waals surface area contributed by atoms with Gasteiger partial charge in [0.25, 0.3) is 0 Å². The van der Waals surface area contributed by atoms with Crippen molar-refractivity contribution in [3.05, 3.63) is 30.1 Å². The molecule has 1 atom stereocenters. The van der Waals surface area contributed by atoms with Gasteiger partial charge >= 0.3 is 0 Å². The third-order valence-corrected chi connectivity index (χ3v) is 3.99.